The average molecular weight is 329 g/mol. The van der Waals surface area contributed by atoms with Crippen LogP contribution in [0.15, 0.2) is 48.5 Å². The molecule has 1 atom stereocenters. The van der Waals surface area contributed by atoms with Crippen LogP contribution in [0.2, 0.25) is 0 Å². The fourth-order valence-corrected chi connectivity index (χ4v) is 2.47. The van der Waals surface area contributed by atoms with Crippen LogP contribution >= 0.6 is 0 Å². The third-order valence-electron chi connectivity index (χ3n) is 3.80. The molecule has 5 heteroatoms. The van der Waals surface area contributed by atoms with E-state index in [9.17, 15) is 19.1 Å². The zero-order chi connectivity index (χ0) is 17.5. The molecule has 0 aliphatic heterocycles. The molecule has 1 amide bonds. The molecule has 0 radical (unpaired) electrons. The van der Waals surface area contributed by atoms with Crippen LogP contribution in [0.5, 0.6) is 0 Å². The lowest BCUT2D eigenvalue weighted by Gasteiger charge is -2.14. The SMILES string of the molecule is Cc1cccc(CCC(=O)NCC(C(=O)O)c2ccc(F)cc2)c1. The van der Waals surface area contributed by atoms with Gasteiger partial charge in [-0.05, 0) is 36.6 Å². The van der Waals surface area contributed by atoms with Crippen molar-refractivity contribution in [1.29, 1.82) is 0 Å². The van der Waals surface area contributed by atoms with Crippen LogP contribution in [0.3, 0.4) is 0 Å². The molecule has 24 heavy (non-hydrogen) atoms. The number of aliphatic carboxylic acids is 1. The van der Waals surface area contributed by atoms with Crippen LogP contribution in [0.1, 0.15) is 29.0 Å². The predicted octanol–water partition coefficient (Wildman–Crippen LogP) is 3.05. The second-order valence-corrected chi connectivity index (χ2v) is 5.74. The number of carboxylic acid groups (broad SMARTS) is 1. The minimum absolute atomic E-state index is 0.0202. The lowest BCUT2D eigenvalue weighted by Crippen LogP contribution is -2.31. The highest BCUT2D eigenvalue weighted by molar-refractivity contribution is 5.80. The zero-order valence-corrected chi connectivity index (χ0v) is 13.5. The third-order valence-corrected chi connectivity index (χ3v) is 3.80. The molecule has 4 nitrogen and oxygen atoms in total. The zero-order valence-electron chi connectivity index (χ0n) is 13.5. The first-order valence-electron chi connectivity index (χ1n) is 7.76. The lowest BCUT2D eigenvalue weighted by atomic mass is 9.99. The first-order chi connectivity index (χ1) is 11.5. The molecule has 0 bridgehead atoms. The topological polar surface area (TPSA) is 66.4 Å². The maximum absolute atomic E-state index is 12.9. The summed E-state index contributed by atoms with van der Waals surface area (Å²) in [7, 11) is 0. The second kappa shape index (κ2) is 8.24. The van der Waals surface area contributed by atoms with Crippen molar-refractivity contribution in [3.63, 3.8) is 0 Å². The Balaban J connectivity index is 1.88. The summed E-state index contributed by atoms with van der Waals surface area (Å²) in [5.74, 6) is -2.58. The van der Waals surface area contributed by atoms with Crippen LogP contribution in [0.25, 0.3) is 0 Å². The Labute approximate surface area is 140 Å². The van der Waals surface area contributed by atoms with Gasteiger partial charge in [0.1, 0.15) is 5.82 Å². The van der Waals surface area contributed by atoms with Crippen molar-refractivity contribution in [2.45, 2.75) is 25.7 Å². The molecule has 0 saturated heterocycles. The molecule has 0 aliphatic rings. The van der Waals surface area contributed by atoms with E-state index in [-0.39, 0.29) is 12.5 Å². The van der Waals surface area contributed by atoms with E-state index in [4.69, 9.17) is 0 Å². The number of hydrogen-bond acceptors (Lipinski definition) is 2. The van der Waals surface area contributed by atoms with Crippen LogP contribution in [-0.2, 0) is 16.0 Å². The molecule has 0 aliphatic carbocycles. The van der Waals surface area contributed by atoms with E-state index in [1.54, 1.807) is 0 Å². The molecule has 0 saturated carbocycles. The van der Waals surface area contributed by atoms with Crippen LogP contribution < -0.4 is 5.32 Å². The molecule has 1 unspecified atom stereocenters. The summed E-state index contributed by atoms with van der Waals surface area (Å²) in [6, 6.07) is 13.2. The maximum Gasteiger partial charge on any atom is 0.312 e. The summed E-state index contributed by atoms with van der Waals surface area (Å²) >= 11 is 0. The number of benzene rings is 2. The number of hydrogen-bond donors (Lipinski definition) is 2. The molecule has 2 N–H and O–H groups in total. The van der Waals surface area contributed by atoms with Crippen molar-refractivity contribution in [3.8, 4) is 0 Å². The van der Waals surface area contributed by atoms with Crippen LogP contribution in [-0.4, -0.2) is 23.5 Å². The monoisotopic (exact) mass is 329 g/mol. The minimum atomic E-state index is -1.06. The predicted molar refractivity (Wildman–Crippen MR) is 89.3 cm³/mol. The van der Waals surface area contributed by atoms with E-state index in [2.05, 4.69) is 5.32 Å². The Morgan fingerprint density at radius 2 is 1.88 bits per heavy atom. The number of carbonyl (C=O) groups excluding carboxylic acids is 1. The Morgan fingerprint density at radius 1 is 1.17 bits per heavy atom. The van der Waals surface area contributed by atoms with Crippen LogP contribution in [0, 0.1) is 12.7 Å². The van der Waals surface area contributed by atoms with E-state index in [1.165, 1.54) is 24.3 Å². The minimum Gasteiger partial charge on any atom is -0.481 e. The number of carboxylic acids is 1. The van der Waals surface area contributed by atoms with Crippen molar-refractivity contribution >= 4 is 11.9 Å². The van der Waals surface area contributed by atoms with Crippen molar-refractivity contribution < 1.29 is 19.1 Å². The Hall–Kier alpha value is -2.69. The van der Waals surface area contributed by atoms with E-state index in [0.29, 0.717) is 18.4 Å². The van der Waals surface area contributed by atoms with Crippen LogP contribution in [0.4, 0.5) is 4.39 Å². The molecule has 0 spiro atoms. The molecular weight excluding hydrogens is 309 g/mol. The van der Waals surface area contributed by atoms with Gasteiger partial charge in [0.2, 0.25) is 5.91 Å². The van der Waals surface area contributed by atoms with Gasteiger partial charge in [-0.2, -0.15) is 0 Å². The van der Waals surface area contributed by atoms with Gasteiger partial charge in [-0.25, -0.2) is 4.39 Å². The van der Waals surface area contributed by atoms with Crippen molar-refractivity contribution in [2.24, 2.45) is 0 Å². The summed E-state index contributed by atoms with van der Waals surface area (Å²) in [6.45, 7) is 1.97. The third kappa shape index (κ3) is 5.19. The number of rotatable bonds is 7. The van der Waals surface area contributed by atoms with E-state index >= 15 is 0 Å². The van der Waals surface area contributed by atoms with Gasteiger partial charge in [0.25, 0.3) is 0 Å². The van der Waals surface area contributed by atoms with Gasteiger partial charge < -0.3 is 10.4 Å². The first kappa shape index (κ1) is 17.7. The Morgan fingerprint density at radius 3 is 2.50 bits per heavy atom. The average Bonchev–Trinajstić information content (AvgIpc) is 2.54. The molecular formula is C19H20FNO3. The van der Waals surface area contributed by atoms with Gasteiger partial charge in [0, 0.05) is 13.0 Å². The number of halogens is 1. The highest BCUT2D eigenvalue weighted by Gasteiger charge is 2.20. The molecule has 126 valence electrons. The lowest BCUT2D eigenvalue weighted by molar-refractivity contribution is -0.138. The second-order valence-electron chi connectivity index (χ2n) is 5.74. The molecule has 0 heterocycles. The highest BCUT2D eigenvalue weighted by atomic mass is 19.1. The fraction of sp³-hybridized carbons (Fsp3) is 0.263. The van der Waals surface area contributed by atoms with Gasteiger partial charge in [0.15, 0.2) is 0 Å². The summed E-state index contributed by atoms with van der Waals surface area (Å²) < 4.78 is 12.9. The summed E-state index contributed by atoms with van der Waals surface area (Å²) in [6.07, 6.45) is 0.890. The Bertz CT molecular complexity index is 713. The fourth-order valence-electron chi connectivity index (χ4n) is 2.47. The van der Waals surface area contributed by atoms with Gasteiger partial charge in [-0.1, -0.05) is 42.0 Å². The van der Waals surface area contributed by atoms with E-state index in [1.807, 2.05) is 31.2 Å². The standard InChI is InChI=1S/C19H20FNO3/c1-13-3-2-4-14(11-13)5-10-18(22)21-12-17(19(23)24)15-6-8-16(20)9-7-15/h2-4,6-9,11,17H,5,10,12H2,1H3,(H,21,22)(H,23,24). The van der Waals surface area contributed by atoms with Gasteiger partial charge >= 0.3 is 5.97 Å². The number of aryl methyl sites for hydroxylation is 2. The normalized spacial score (nSPS) is 11.8. The first-order valence-corrected chi connectivity index (χ1v) is 7.76. The molecule has 0 aromatic heterocycles. The van der Waals surface area contributed by atoms with Gasteiger partial charge in [-0.15, -0.1) is 0 Å². The summed E-state index contributed by atoms with van der Waals surface area (Å²) in [5, 5.41) is 12.0. The van der Waals surface area contributed by atoms with Gasteiger partial charge in [-0.3, -0.25) is 9.59 Å². The quantitative estimate of drug-likeness (QED) is 0.820. The van der Waals surface area contributed by atoms with E-state index < -0.39 is 17.7 Å². The maximum atomic E-state index is 12.9. The van der Waals surface area contributed by atoms with Crippen molar-refractivity contribution in [3.05, 3.63) is 71.0 Å². The highest BCUT2D eigenvalue weighted by Crippen LogP contribution is 2.16. The van der Waals surface area contributed by atoms with Gasteiger partial charge in [0.05, 0.1) is 5.92 Å². The number of amides is 1. The van der Waals surface area contributed by atoms with E-state index in [0.717, 1.165) is 11.1 Å². The smallest absolute Gasteiger partial charge is 0.312 e. The molecule has 0 fully saturated rings. The number of carbonyl (C=O) groups is 2. The van der Waals surface area contributed by atoms with Crippen molar-refractivity contribution in [1.82, 2.24) is 5.32 Å². The molecule has 2 aromatic carbocycles. The summed E-state index contributed by atoms with van der Waals surface area (Å²) in [5.41, 5.74) is 2.66. The largest absolute Gasteiger partial charge is 0.481 e. The Kier molecular flexibility index (Phi) is 6.07. The molecule has 2 aromatic rings. The number of nitrogens with one attached hydrogen (secondary N) is 1. The summed E-state index contributed by atoms with van der Waals surface area (Å²) in [4.78, 5) is 23.3. The van der Waals surface area contributed by atoms with Crippen molar-refractivity contribution in [2.75, 3.05) is 6.54 Å². The molecule has 2 rings (SSSR count).